The molecule has 0 amide bonds. The van der Waals surface area contributed by atoms with Crippen LogP contribution in [0.25, 0.3) is 22.0 Å². The second-order valence-electron chi connectivity index (χ2n) is 6.51. The highest BCUT2D eigenvalue weighted by atomic mass is 14.9. The zero-order valence-electron chi connectivity index (χ0n) is 14.5. The Morgan fingerprint density at radius 2 is 1.56 bits per heavy atom. The lowest BCUT2D eigenvalue weighted by Gasteiger charge is -2.05. The Morgan fingerprint density at radius 1 is 0.800 bits per heavy atom. The fourth-order valence-corrected chi connectivity index (χ4v) is 3.47. The number of hydrogen-bond acceptors (Lipinski definition) is 1. The van der Waals surface area contributed by atoms with Gasteiger partial charge in [0.15, 0.2) is 0 Å². The summed E-state index contributed by atoms with van der Waals surface area (Å²) in [7, 11) is 0. The number of fused-ring (bicyclic) bond motifs is 1. The minimum absolute atomic E-state index is 0.969. The van der Waals surface area contributed by atoms with Crippen LogP contribution in [-0.4, -0.2) is 9.97 Å². The molecule has 0 saturated carbocycles. The number of aromatic nitrogens is 2. The molecule has 0 unspecified atom stereocenters. The number of aromatic amines is 1. The first kappa shape index (κ1) is 15.6. The van der Waals surface area contributed by atoms with Crippen molar-refractivity contribution in [1.82, 2.24) is 9.97 Å². The van der Waals surface area contributed by atoms with Crippen molar-refractivity contribution in [2.45, 2.75) is 26.2 Å². The van der Waals surface area contributed by atoms with E-state index in [0.717, 1.165) is 36.5 Å². The first-order valence-electron chi connectivity index (χ1n) is 8.89. The van der Waals surface area contributed by atoms with Gasteiger partial charge in [-0.25, -0.2) is 4.98 Å². The highest BCUT2D eigenvalue weighted by Crippen LogP contribution is 2.23. The Balaban J connectivity index is 1.47. The van der Waals surface area contributed by atoms with Gasteiger partial charge in [0.2, 0.25) is 0 Å². The van der Waals surface area contributed by atoms with Gasteiger partial charge in [0.05, 0.1) is 5.69 Å². The van der Waals surface area contributed by atoms with Gasteiger partial charge in [0.25, 0.3) is 0 Å². The van der Waals surface area contributed by atoms with Crippen molar-refractivity contribution in [2.75, 3.05) is 0 Å². The summed E-state index contributed by atoms with van der Waals surface area (Å²) in [6.45, 7) is 2.10. The van der Waals surface area contributed by atoms with Crippen LogP contribution in [0.4, 0.5) is 0 Å². The van der Waals surface area contributed by atoms with E-state index in [0.29, 0.717) is 0 Å². The molecule has 0 radical (unpaired) electrons. The fourth-order valence-electron chi connectivity index (χ4n) is 3.47. The highest BCUT2D eigenvalue weighted by Gasteiger charge is 2.09. The minimum Gasteiger partial charge on any atom is -0.346 e. The van der Waals surface area contributed by atoms with Crippen molar-refractivity contribution in [3.05, 3.63) is 89.9 Å². The van der Waals surface area contributed by atoms with Crippen molar-refractivity contribution in [3.63, 3.8) is 0 Å². The average molecular weight is 326 g/mol. The van der Waals surface area contributed by atoms with E-state index in [-0.39, 0.29) is 0 Å². The normalized spacial score (nSPS) is 11.1. The van der Waals surface area contributed by atoms with Crippen LogP contribution in [0.3, 0.4) is 0 Å². The van der Waals surface area contributed by atoms with Gasteiger partial charge in [-0.1, -0.05) is 72.8 Å². The average Bonchev–Trinajstić information content (AvgIpc) is 3.03. The molecule has 25 heavy (non-hydrogen) atoms. The molecule has 124 valence electrons. The van der Waals surface area contributed by atoms with Crippen LogP contribution in [0.15, 0.2) is 72.8 Å². The molecule has 2 nitrogen and oxygen atoms in total. The molecule has 1 heterocycles. The molecule has 3 aromatic carbocycles. The maximum absolute atomic E-state index is 4.82. The third kappa shape index (κ3) is 3.34. The van der Waals surface area contributed by atoms with E-state index in [2.05, 4.69) is 78.6 Å². The number of H-pyrrole nitrogens is 1. The molecule has 0 aliphatic heterocycles. The lowest BCUT2D eigenvalue weighted by atomic mass is 10.0. The van der Waals surface area contributed by atoms with Gasteiger partial charge in [-0.05, 0) is 36.1 Å². The van der Waals surface area contributed by atoms with Gasteiger partial charge >= 0.3 is 0 Å². The zero-order chi connectivity index (χ0) is 17.1. The summed E-state index contributed by atoms with van der Waals surface area (Å²) in [5.74, 6) is 1.08. The molecule has 0 saturated heterocycles. The molecule has 4 aromatic rings. The second kappa shape index (κ2) is 6.94. The van der Waals surface area contributed by atoms with E-state index in [9.17, 15) is 0 Å². The Hall–Kier alpha value is -2.87. The van der Waals surface area contributed by atoms with Crippen LogP contribution < -0.4 is 0 Å². The molecule has 0 atom stereocenters. The van der Waals surface area contributed by atoms with E-state index in [1.807, 2.05) is 6.07 Å². The number of rotatable bonds is 5. The third-order valence-electron chi connectivity index (χ3n) is 4.72. The topological polar surface area (TPSA) is 28.7 Å². The smallest absolute Gasteiger partial charge is 0.106 e. The predicted octanol–water partition coefficient (Wildman–Crippen LogP) is 5.71. The van der Waals surface area contributed by atoms with Crippen LogP contribution in [0, 0.1) is 6.92 Å². The SMILES string of the molecule is Cc1[nH]c(CCCc2cccc3ccccc23)nc1-c1ccccc1. The second-order valence-corrected chi connectivity index (χ2v) is 6.51. The first-order chi connectivity index (χ1) is 12.3. The summed E-state index contributed by atoms with van der Waals surface area (Å²) < 4.78 is 0. The van der Waals surface area contributed by atoms with Crippen molar-refractivity contribution >= 4 is 10.8 Å². The predicted molar refractivity (Wildman–Crippen MR) is 105 cm³/mol. The molecule has 2 heteroatoms. The van der Waals surface area contributed by atoms with E-state index >= 15 is 0 Å². The summed E-state index contributed by atoms with van der Waals surface area (Å²) in [5.41, 5.74) is 4.81. The quantitative estimate of drug-likeness (QED) is 0.499. The van der Waals surface area contributed by atoms with Crippen molar-refractivity contribution in [2.24, 2.45) is 0 Å². The number of benzene rings is 3. The van der Waals surface area contributed by atoms with Crippen molar-refractivity contribution in [1.29, 1.82) is 0 Å². The molecule has 4 rings (SSSR count). The number of nitrogens with zero attached hydrogens (tertiary/aromatic N) is 1. The molecule has 1 N–H and O–H groups in total. The maximum Gasteiger partial charge on any atom is 0.106 e. The molecular formula is C23H22N2. The Bertz CT molecular complexity index is 978. The maximum atomic E-state index is 4.82. The molecule has 0 aliphatic rings. The van der Waals surface area contributed by atoms with Gasteiger partial charge in [-0.15, -0.1) is 0 Å². The first-order valence-corrected chi connectivity index (χ1v) is 8.89. The van der Waals surface area contributed by atoms with Gasteiger partial charge in [-0.3, -0.25) is 0 Å². The molecular weight excluding hydrogens is 304 g/mol. The standard InChI is InChI=1S/C23H22N2/c1-17-23(20-10-3-2-4-11-20)25-22(24-17)16-8-14-19-13-7-12-18-9-5-6-15-21(18)19/h2-7,9-13,15H,8,14,16H2,1H3,(H,24,25). The van der Waals surface area contributed by atoms with Crippen LogP contribution >= 0.6 is 0 Å². The fraction of sp³-hybridized carbons (Fsp3) is 0.174. The third-order valence-corrected chi connectivity index (χ3v) is 4.72. The van der Waals surface area contributed by atoms with E-state index < -0.39 is 0 Å². The summed E-state index contributed by atoms with van der Waals surface area (Å²) >= 11 is 0. The Morgan fingerprint density at radius 3 is 2.44 bits per heavy atom. The monoisotopic (exact) mass is 326 g/mol. The van der Waals surface area contributed by atoms with E-state index in [4.69, 9.17) is 4.98 Å². The van der Waals surface area contributed by atoms with Gasteiger partial charge in [0, 0.05) is 17.7 Å². The van der Waals surface area contributed by atoms with Gasteiger partial charge < -0.3 is 4.98 Å². The number of hydrogen-bond donors (Lipinski definition) is 1. The lowest BCUT2D eigenvalue weighted by Crippen LogP contribution is -1.93. The molecule has 0 aliphatic carbocycles. The van der Waals surface area contributed by atoms with Crippen LogP contribution in [0.2, 0.25) is 0 Å². The summed E-state index contributed by atoms with van der Waals surface area (Å²) in [5, 5.41) is 2.69. The van der Waals surface area contributed by atoms with Crippen LogP contribution in [0.5, 0.6) is 0 Å². The van der Waals surface area contributed by atoms with Crippen molar-refractivity contribution < 1.29 is 0 Å². The van der Waals surface area contributed by atoms with Crippen LogP contribution in [-0.2, 0) is 12.8 Å². The summed E-state index contributed by atoms with van der Waals surface area (Å²) in [6.07, 6.45) is 3.13. The molecule has 0 fully saturated rings. The largest absolute Gasteiger partial charge is 0.346 e. The Kier molecular flexibility index (Phi) is 4.34. The van der Waals surface area contributed by atoms with Gasteiger partial charge in [0.1, 0.15) is 5.82 Å². The van der Waals surface area contributed by atoms with E-state index in [1.54, 1.807) is 0 Å². The highest BCUT2D eigenvalue weighted by molar-refractivity contribution is 5.85. The number of aryl methyl sites for hydroxylation is 3. The van der Waals surface area contributed by atoms with Crippen LogP contribution in [0.1, 0.15) is 23.5 Å². The molecule has 1 aromatic heterocycles. The molecule has 0 spiro atoms. The van der Waals surface area contributed by atoms with Crippen molar-refractivity contribution in [3.8, 4) is 11.3 Å². The van der Waals surface area contributed by atoms with E-state index in [1.165, 1.54) is 21.9 Å². The van der Waals surface area contributed by atoms with Gasteiger partial charge in [-0.2, -0.15) is 0 Å². The number of imidazole rings is 1. The Labute approximate surface area is 148 Å². The number of nitrogens with one attached hydrogen (secondary N) is 1. The lowest BCUT2D eigenvalue weighted by molar-refractivity contribution is 0.785. The zero-order valence-corrected chi connectivity index (χ0v) is 14.5. The summed E-state index contributed by atoms with van der Waals surface area (Å²) in [4.78, 5) is 8.27. The summed E-state index contributed by atoms with van der Waals surface area (Å²) in [6, 6.07) is 25.6. The minimum atomic E-state index is 0.969. The molecule has 0 bridgehead atoms.